The van der Waals surface area contributed by atoms with Gasteiger partial charge in [-0.15, -0.1) is 0 Å². The maximum atomic E-state index is 11.3. The SMILES string of the molecule is CCNCC(C)NC(=O)OC(C)(C)C. The van der Waals surface area contributed by atoms with E-state index < -0.39 is 5.60 Å². The molecule has 0 heterocycles. The van der Waals surface area contributed by atoms with E-state index in [1.165, 1.54) is 0 Å². The number of carbonyl (C=O) groups excluding carboxylic acids is 1. The van der Waals surface area contributed by atoms with Crippen molar-refractivity contribution in [2.75, 3.05) is 13.1 Å². The van der Waals surface area contributed by atoms with Crippen LogP contribution in [0.15, 0.2) is 0 Å². The van der Waals surface area contributed by atoms with Crippen LogP contribution >= 0.6 is 0 Å². The van der Waals surface area contributed by atoms with Crippen molar-refractivity contribution in [2.24, 2.45) is 0 Å². The quantitative estimate of drug-likeness (QED) is 0.726. The summed E-state index contributed by atoms with van der Waals surface area (Å²) in [5.74, 6) is 0. The number of likely N-dealkylation sites (N-methyl/N-ethyl adjacent to an activating group) is 1. The zero-order valence-corrected chi connectivity index (χ0v) is 9.81. The van der Waals surface area contributed by atoms with Crippen LogP contribution in [0.2, 0.25) is 0 Å². The Morgan fingerprint density at radius 1 is 1.43 bits per heavy atom. The number of hydrogen-bond donors (Lipinski definition) is 2. The van der Waals surface area contributed by atoms with Gasteiger partial charge in [0.05, 0.1) is 0 Å². The van der Waals surface area contributed by atoms with E-state index in [9.17, 15) is 4.79 Å². The zero-order valence-electron chi connectivity index (χ0n) is 9.81. The molecule has 0 bridgehead atoms. The molecule has 0 aromatic heterocycles. The van der Waals surface area contributed by atoms with Crippen LogP contribution in [0, 0.1) is 0 Å². The molecule has 14 heavy (non-hydrogen) atoms. The Bertz CT molecular complexity index is 175. The molecule has 0 radical (unpaired) electrons. The Balaban J connectivity index is 3.71. The second-order valence-electron chi connectivity index (χ2n) is 4.35. The number of nitrogens with one attached hydrogen (secondary N) is 2. The molecular weight excluding hydrogens is 180 g/mol. The summed E-state index contributed by atoms with van der Waals surface area (Å²) in [4.78, 5) is 11.3. The lowest BCUT2D eigenvalue weighted by atomic mass is 10.2. The normalized spacial score (nSPS) is 13.5. The Labute approximate surface area is 86.4 Å². The molecule has 4 heteroatoms. The summed E-state index contributed by atoms with van der Waals surface area (Å²) < 4.78 is 5.11. The van der Waals surface area contributed by atoms with Crippen LogP contribution < -0.4 is 10.6 Å². The topological polar surface area (TPSA) is 50.4 Å². The molecule has 0 fully saturated rings. The van der Waals surface area contributed by atoms with Crippen molar-refractivity contribution < 1.29 is 9.53 Å². The van der Waals surface area contributed by atoms with E-state index in [1.54, 1.807) is 0 Å². The van der Waals surface area contributed by atoms with E-state index in [-0.39, 0.29) is 12.1 Å². The van der Waals surface area contributed by atoms with Gasteiger partial charge < -0.3 is 15.4 Å². The van der Waals surface area contributed by atoms with E-state index in [2.05, 4.69) is 10.6 Å². The van der Waals surface area contributed by atoms with Crippen molar-refractivity contribution >= 4 is 6.09 Å². The first-order chi connectivity index (χ1) is 6.35. The summed E-state index contributed by atoms with van der Waals surface area (Å²) in [6, 6.07) is 0.0878. The van der Waals surface area contributed by atoms with Crippen molar-refractivity contribution in [3.8, 4) is 0 Å². The first kappa shape index (κ1) is 13.2. The molecule has 1 unspecified atom stereocenters. The summed E-state index contributed by atoms with van der Waals surface area (Å²) in [7, 11) is 0. The monoisotopic (exact) mass is 202 g/mol. The largest absolute Gasteiger partial charge is 0.444 e. The minimum absolute atomic E-state index is 0.0878. The second kappa shape index (κ2) is 5.86. The van der Waals surface area contributed by atoms with E-state index in [1.807, 2.05) is 34.6 Å². The van der Waals surface area contributed by atoms with Gasteiger partial charge in [-0.3, -0.25) is 0 Å². The Morgan fingerprint density at radius 3 is 2.43 bits per heavy atom. The zero-order chi connectivity index (χ0) is 11.2. The average Bonchev–Trinajstić information content (AvgIpc) is 1.96. The minimum atomic E-state index is -0.429. The van der Waals surface area contributed by atoms with Gasteiger partial charge in [0.15, 0.2) is 0 Å². The molecule has 0 aliphatic rings. The lowest BCUT2D eigenvalue weighted by Gasteiger charge is -2.22. The van der Waals surface area contributed by atoms with Crippen molar-refractivity contribution in [2.45, 2.75) is 46.3 Å². The van der Waals surface area contributed by atoms with Crippen LogP contribution in [0.25, 0.3) is 0 Å². The summed E-state index contributed by atoms with van der Waals surface area (Å²) in [6.07, 6.45) is -0.358. The third-order valence-corrected chi connectivity index (χ3v) is 1.46. The van der Waals surface area contributed by atoms with Crippen molar-refractivity contribution in [3.63, 3.8) is 0 Å². The lowest BCUT2D eigenvalue weighted by Crippen LogP contribution is -2.42. The highest BCUT2D eigenvalue weighted by Crippen LogP contribution is 2.06. The first-order valence-electron chi connectivity index (χ1n) is 5.05. The van der Waals surface area contributed by atoms with Gasteiger partial charge in [-0.1, -0.05) is 6.92 Å². The highest BCUT2D eigenvalue weighted by atomic mass is 16.6. The van der Waals surface area contributed by atoms with E-state index in [0.29, 0.717) is 0 Å². The predicted octanol–water partition coefficient (Wildman–Crippen LogP) is 1.51. The third kappa shape index (κ3) is 7.86. The van der Waals surface area contributed by atoms with Crippen LogP contribution in [-0.4, -0.2) is 30.8 Å². The number of rotatable bonds is 4. The molecule has 0 saturated carbocycles. The molecule has 4 nitrogen and oxygen atoms in total. The van der Waals surface area contributed by atoms with Gasteiger partial charge in [-0.05, 0) is 34.2 Å². The number of hydrogen-bond acceptors (Lipinski definition) is 3. The van der Waals surface area contributed by atoms with Crippen LogP contribution in [0.1, 0.15) is 34.6 Å². The van der Waals surface area contributed by atoms with Gasteiger partial charge in [0.25, 0.3) is 0 Å². The number of ether oxygens (including phenoxy) is 1. The van der Waals surface area contributed by atoms with Gasteiger partial charge in [0.2, 0.25) is 0 Å². The van der Waals surface area contributed by atoms with E-state index in [4.69, 9.17) is 4.74 Å². The standard InChI is InChI=1S/C10H22N2O2/c1-6-11-7-8(2)12-9(13)14-10(3,4)5/h8,11H,6-7H2,1-5H3,(H,12,13). The van der Waals surface area contributed by atoms with Crippen LogP contribution in [0.4, 0.5) is 4.79 Å². The highest BCUT2D eigenvalue weighted by molar-refractivity contribution is 5.68. The lowest BCUT2D eigenvalue weighted by molar-refractivity contribution is 0.0508. The first-order valence-corrected chi connectivity index (χ1v) is 5.05. The summed E-state index contributed by atoms with van der Waals surface area (Å²) in [6.45, 7) is 11.2. The number of carbonyl (C=O) groups is 1. The molecule has 0 rings (SSSR count). The average molecular weight is 202 g/mol. The number of amides is 1. The maximum absolute atomic E-state index is 11.3. The molecule has 1 amide bonds. The van der Waals surface area contributed by atoms with Crippen LogP contribution in [0.3, 0.4) is 0 Å². The molecular formula is C10H22N2O2. The van der Waals surface area contributed by atoms with E-state index in [0.717, 1.165) is 13.1 Å². The second-order valence-corrected chi connectivity index (χ2v) is 4.35. The molecule has 0 saturated heterocycles. The van der Waals surface area contributed by atoms with Gasteiger partial charge in [-0.25, -0.2) is 4.79 Å². The van der Waals surface area contributed by atoms with Gasteiger partial charge in [-0.2, -0.15) is 0 Å². The smallest absolute Gasteiger partial charge is 0.407 e. The third-order valence-electron chi connectivity index (χ3n) is 1.46. The molecule has 2 N–H and O–H groups in total. The highest BCUT2D eigenvalue weighted by Gasteiger charge is 2.17. The van der Waals surface area contributed by atoms with Crippen LogP contribution in [0.5, 0.6) is 0 Å². The fourth-order valence-corrected chi connectivity index (χ4v) is 0.921. The maximum Gasteiger partial charge on any atom is 0.407 e. The Hall–Kier alpha value is -0.770. The summed E-state index contributed by atoms with van der Waals surface area (Å²) in [5, 5.41) is 5.89. The molecule has 84 valence electrons. The van der Waals surface area contributed by atoms with E-state index >= 15 is 0 Å². The fraction of sp³-hybridized carbons (Fsp3) is 0.900. The number of alkyl carbamates (subject to hydrolysis) is 1. The summed E-state index contributed by atoms with van der Waals surface area (Å²) in [5.41, 5.74) is -0.429. The molecule has 0 aromatic rings. The van der Waals surface area contributed by atoms with Gasteiger partial charge in [0.1, 0.15) is 5.60 Å². The molecule has 0 aliphatic heterocycles. The molecule has 0 aliphatic carbocycles. The Morgan fingerprint density at radius 2 is 2.00 bits per heavy atom. The molecule has 1 atom stereocenters. The molecule has 0 aromatic carbocycles. The van der Waals surface area contributed by atoms with Crippen molar-refractivity contribution in [3.05, 3.63) is 0 Å². The van der Waals surface area contributed by atoms with Gasteiger partial charge in [0, 0.05) is 12.6 Å². The Kier molecular flexibility index (Phi) is 5.53. The minimum Gasteiger partial charge on any atom is -0.444 e. The van der Waals surface area contributed by atoms with Crippen molar-refractivity contribution in [1.29, 1.82) is 0 Å². The van der Waals surface area contributed by atoms with Crippen LogP contribution in [-0.2, 0) is 4.74 Å². The van der Waals surface area contributed by atoms with Crippen molar-refractivity contribution in [1.82, 2.24) is 10.6 Å². The summed E-state index contributed by atoms with van der Waals surface area (Å²) >= 11 is 0. The van der Waals surface area contributed by atoms with Gasteiger partial charge >= 0.3 is 6.09 Å². The predicted molar refractivity (Wildman–Crippen MR) is 57.4 cm³/mol. The molecule has 0 spiro atoms. The fourth-order valence-electron chi connectivity index (χ4n) is 0.921.